The molecule has 130 valence electrons. The minimum atomic E-state index is -4.96. The lowest BCUT2D eigenvalue weighted by atomic mass is 10.1. The number of carbonyl (C=O) groups excluding carboxylic acids is 2. The summed E-state index contributed by atoms with van der Waals surface area (Å²) in [5, 5.41) is 9.44. The number of carbonyl (C=O) groups is 2. The highest BCUT2D eigenvalue weighted by Crippen LogP contribution is 2.31. The second-order valence-electron chi connectivity index (χ2n) is 4.41. The number of Topliss-reactive ketones (excluding diaryl/α,β-unsaturated/α-hetero) is 1. The average Bonchev–Trinajstić information content (AvgIpc) is 2.52. The van der Waals surface area contributed by atoms with E-state index >= 15 is 0 Å². The van der Waals surface area contributed by atoms with E-state index in [1.165, 1.54) is 7.05 Å². The van der Waals surface area contributed by atoms with Crippen LogP contribution in [0.1, 0.15) is 15.9 Å². The first-order valence-electron chi connectivity index (χ1n) is 6.36. The number of rotatable bonds is 6. The van der Waals surface area contributed by atoms with Crippen LogP contribution in [0.15, 0.2) is 29.6 Å². The van der Waals surface area contributed by atoms with Gasteiger partial charge in [-0.05, 0) is 18.2 Å². The summed E-state index contributed by atoms with van der Waals surface area (Å²) in [7, 11) is 1.38. The SMILES string of the molecule is CN/C(N)=C(\C=N)C(=O)OCC(=O)c1ccc(F)c(C(F)(F)F)c1. The number of nitrogens with two attached hydrogens (primary N) is 1. The van der Waals surface area contributed by atoms with Crippen molar-refractivity contribution in [3.05, 3.63) is 46.5 Å². The van der Waals surface area contributed by atoms with E-state index < -0.39 is 41.5 Å². The van der Waals surface area contributed by atoms with E-state index in [-0.39, 0.29) is 11.4 Å². The maximum absolute atomic E-state index is 13.2. The molecule has 6 nitrogen and oxygen atoms in total. The molecule has 0 aromatic heterocycles. The normalized spacial score (nSPS) is 12.2. The topological polar surface area (TPSA) is 105 Å². The summed E-state index contributed by atoms with van der Waals surface area (Å²) in [5.74, 6) is -3.78. The smallest absolute Gasteiger partial charge is 0.419 e. The van der Waals surface area contributed by atoms with E-state index in [9.17, 15) is 27.2 Å². The van der Waals surface area contributed by atoms with Crippen LogP contribution in [0.25, 0.3) is 0 Å². The van der Waals surface area contributed by atoms with E-state index in [0.29, 0.717) is 18.3 Å². The molecule has 10 heteroatoms. The van der Waals surface area contributed by atoms with Crippen molar-refractivity contribution in [3.63, 3.8) is 0 Å². The van der Waals surface area contributed by atoms with Gasteiger partial charge in [0.05, 0.1) is 5.56 Å². The van der Waals surface area contributed by atoms with E-state index in [1.807, 2.05) is 0 Å². The molecule has 0 bridgehead atoms. The Kier molecular flexibility index (Phi) is 6.04. The molecular formula is C14H13F4N3O3. The zero-order chi connectivity index (χ0) is 18.5. The molecule has 0 spiro atoms. The molecule has 4 N–H and O–H groups in total. The number of alkyl halides is 3. The Morgan fingerprint density at radius 2 is 2.00 bits per heavy atom. The molecule has 0 aliphatic carbocycles. The Balaban J connectivity index is 2.90. The number of ether oxygens (including phenoxy) is 1. The third-order valence-corrected chi connectivity index (χ3v) is 2.85. The van der Waals surface area contributed by atoms with Gasteiger partial charge in [0, 0.05) is 18.8 Å². The van der Waals surface area contributed by atoms with Crippen molar-refractivity contribution in [1.29, 1.82) is 5.41 Å². The lowest BCUT2D eigenvalue weighted by molar-refractivity contribution is -0.140. The highest BCUT2D eigenvalue weighted by molar-refractivity contribution is 6.10. The highest BCUT2D eigenvalue weighted by Gasteiger charge is 2.34. The van der Waals surface area contributed by atoms with E-state index in [0.717, 1.165) is 6.07 Å². The van der Waals surface area contributed by atoms with Crippen molar-refractivity contribution >= 4 is 18.0 Å². The summed E-state index contributed by atoms with van der Waals surface area (Å²) in [6.45, 7) is -0.893. The van der Waals surface area contributed by atoms with Gasteiger partial charge in [0.1, 0.15) is 17.2 Å². The van der Waals surface area contributed by atoms with Crippen LogP contribution >= 0.6 is 0 Å². The fraction of sp³-hybridized carbons (Fsp3) is 0.214. The van der Waals surface area contributed by atoms with Crippen molar-refractivity contribution in [2.45, 2.75) is 6.18 Å². The zero-order valence-corrected chi connectivity index (χ0v) is 12.3. The lowest BCUT2D eigenvalue weighted by Gasteiger charge is -2.10. The van der Waals surface area contributed by atoms with Crippen molar-refractivity contribution in [1.82, 2.24) is 5.32 Å². The van der Waals surface area contributed by atoms with Crippen LogP contribution in [0.3, 0.4) is 0 Å². The number of halogens is 4. The van der Waals surface area contributed by atoms with Crippen molar-refractivity contribution in [3.8, 4) is 0 Å². The average molecular weight is 347 g/mol. The molecule has 0 saturated heterocycles. The number of hydrogen-bond acceptors (Lipinski definition) is 6. The van der Waals surface area contributed by atoms with Gasteiger partial charge in [0.2, 0.25) is 0 Å². The Hall–Kier alpha value is -2.91. The summed E-state index contributed by atoms with van der Waals surface area (Å²) < 4.78 is 55.5. The monoisotopic (exact) mass is 347 g/mol. The molecule has 1 aromatic rings. The van der Waals surface area contributed by atoms with Crippen LogP contribution in [-0.2, 0) is 15.7 Å². The Labute approximate surface area is 133 Å². The predicted molar refractivity (Wildman–Crippen MR) is 75.7 cm³/mol. The number of esters is 1. The maximum atomic E-state index is 13.2. The molecule has 0 saturated carbocycles. The maximum Gasteiger partial charge on any atom is 0.419 e. The summed E-state index contributed by atoms with van der Waals surface area (Å²) in [4.78, 5) is 23.5. The standard InChI is InChI=1S/C14H13F4N3O3/c1-21-12(20)8(5-19)13(23)24-6-11(22)7-2-3-10(15)9(4-7)14(16,17)18/h2-5,19,21H,6,20H2,1H3/b12-8+,19-5?. The minimum absolute atomic E-state index is 0.177. The van der Waals surface area contributed by atoms with Gasteiger partial charge in [-0.1, -0.05) is 0 Å². The minimum Gasteiger partial charge on any atom is -0.454 e. The Morgan fingerprint density at radius 3 is 2.50 bits per heavy atom. The first kappa shape index (κ1) is 19.1. The fourth-order valence-corrected chi connectivity index (χ4v) is 1.59. The first-order valence-corrected chi connectivity index (χ1v) is 6.36. The highest BCUT2D eigenvalue weighted by atomic mass is 19.4. The number of hydrogen-bond donors (Lipinski definition) is 3. The van der Waals surface area contributed by atoms with Gasteiger partial charge < -0.3 is 21.2 Å². The molecule has 0 heterocycles. The van der Waals surface area contributed by atoms with Crippen molar-refractivity contribution in [2.24, 2.45) is 5.73 Å². The molecule has 0 fully saturated rings. The van der Waals surface area contributed by atoms with E-state index in [4.69, 9.17) is 11.1 Å². The van der Waals surface area contributed by atoms with Crippen molar-refractivity contribution < 1.29 is 31.9 Å². The Bertz CT molecular complexity index is 699. The summed E-state index contributed by atoms with van der Waals surface area (Å²) >= 11 is 0. The summed E-state index contributed by atoms with van der Waals surface area (Å²) in [6, 6.07) is 1.68. The third-order valence-electron chi connectivity index (χ3n) is 2.85. The van der Waals surface area contributed by atoms with Crippen molar-refractivity contribution in [2.75, 3.05) is 13.7 Å². The van der Waals surface area contributed by atoms with Gasteiger partial charge in [-0.25, -0.2) is 9.18 Å². The van der Waals surface area contributed by atoms with Gasteiger partial charge in [0.25, 0.3) is 0 Å². The molecule has 0 radical (unpaired) electrons. The number of nitrogens with one attached hydrogen (secondary N) is 2. The van der Waals surface area contributed by atoms with Gasteiger partial charge in [-0.2, -0.15) is 13.2 Å². The second kappa shape index (κ2) is 7.57. The third kappa shape index (κ3) is 4.54. The molecule has 0 unspecified atom stereocenters. The lowest BCUT2D eigenvalue weighted by Crippen LogP contribution is -2.24. The molecule has 24 heavy (non-hydrogen) atoms. The number of benzene rings is 1. The molecule has 0 atom stereocenters. The molecule has 0 amide bonds. The molecule has 0 aliphatic rings. The molecule has 1 rings (SSSR count). The summed E-state index contributed by atoms with van der Waals surface area (Å²) in [5.41, 5.74) is 2.96. The zero-order valence-electron chi connectivity index (χ0n) is 12.3. The molecule has 1 aromatic carbocycles. The van der Waals surface area contributed by atoms with Crippen LogP contribution in [0.5, 0.6) is 0 Å². The Morgan fingerprint density at radius 1 is 1.38 bits per heavy atom. The second-order valence-corrected chi connectivity index (χ2v) is 4.41. The summed E-state index contributed by atoms with van der Waals surface area (Å²) in [6.07, 6.45) is -4.37. The largest absolute Gasteiger partial charge is 0.454 e. The van der Waals surface area contributed by atoms with Gasteiger partial charge in [-0.15, -0.1) is 0 Å². The van der Waals surface area contributed by atoms with Gasteiger partial charge in [-0.3, -0.25) is 4.79 Å². The van der Waals surface area contributed by atoms with Gasteiger partial charge >= 0.3 is 12.1 Å². The van der Waals surface area contributed by atoms with Gasteiger partial charge in [0.15, 0.2) is 12.4 Å². The van der Waals surface area contributed by atoms with Crippen LogP contribution in [0.4, 0.5) is 17.6 Å². The van der Waals surface area contributed by atoms with Crippen LogP contribution in [-0.4, -0.2) is 31.6 Å². The molecular weight excluding hydrogens is 334 g/mol. The van der Waals surface area contributed by atoms with E-state index in [2.05, 4.69) is 10.1 Å². The fourth-order valence-electron chi connectivity index (χ4n) is 1.59. The predicted octanol–water partition coefficient (Wildman–Crippen LogP) is 1.61. The quantitative estimate of drug-likeness (QED) is 0.238. The molecule has 0 aliphatic heterocycles. The van der Waals surface area contributed by atoms with Crippen LogP contribution in [0.2, 0.25) is 0 Å². The van der Waals surface area contributed by atoms with Crippen LogP contribution < -0.4 is 11.1 Å². The number of ketones is 1. The van der Waals surface area contributed by atoms with Crippen LogP contribution in [0, 0.1) is 11.2 Å². The van der Waals surface area contributed by atoms with E-state index in [1.54, 1.807) is 0 Å². The first-order chi connectivity index (χ1) is 11.1.